The van der Waals surface area contributed by atoms with E-state index >= 15 is 0 Å². The number of hydrogen-bond donors (Lipinski definition) is 0. The van der Waals surface area contributed by atoms with Crippen LogP contribution >= 0.6 is 11.8 Å². The summed E-state index contributed by atoms with van der Waals surface area (Å²) in [4.78, 5) is 11.8. The van der Waals surface area contributed by atoms with Gasteiger partial charge in [-0.3, -0.25) is 4.79 Å². The Hall–Kier alpha value is -0.900. The second-order valence-electron chi connectivity index (χ2n) is 4.69. The molecule has 0 heterocycles. The summed E-state index contributed by atoms with van der Waals surface area (Å²) in [6.07, 6.45) is 4.97. The third kappa shape index (κ3) is 3.31. The van der Waals surface area contributed by atoms with Crippen LogP contribution in [0, 0.1) is 17.6 Å². The second-order valence-corrected chi connectivity index (χ2v) is 5.72. The molecular formula is C14H16F2OS. The Morgan fingerprint density at radius 3 is 2.44 bits per heavy atom. The van der Waals surface area contributed by atoms with Gasteiger partial charge in [-0.2, -0.15) is 11.8 Å². The summed E-state index contributed by atoms with van der Waals surface area (Å²) in [6.45, 7) is 0. The molecule has 0 saturated heterocycles. The van der Waals surface area contributed by atoms with E-state index in [4.69, 9.17) is 0 Å². The lowest BCUT2D eigenvalue weighted by Gasteiger charge is -2.08. The highest BCUT2D eigenvalue weighted by Gasteiger charge is 2.19. The molecule has 18 heavy (non-hydrogen) atoms. The van der Waals surface area contributed by atoms with Gasteiger partial charge < -0.3 is 0 Å². The lowest BCUT2D eigenvalue weighted by Crippen LogP contribution is -2.10. The average molecular weight is 270 g/mol. The molecule has 0 atom stereocenters. The topological polar surface area (TPSA) is 17.1 Å². The minimum absolute atomic E-state index is 0.161. The zero-order chi connectivity index (χ0) is 13.0. The number of benzene rings is 1. The maximum atomic E-state index is 13.4. The maximum Gasteiger partial charge on any atom is 0.178 e. The molecule has 0 aromatic heterocycles. The number of Topliss-reactive ketones (excluding diaryl/α,β-unsaturated/α-hetero) is 1. The first-order valence-electron chi connectivity index (χ1n) is 6.23. The zero-order valence-corrected chi connectivity index (χ0v) is 10.9. The lowest BCUT2D eigenvalue weighted by molar-refractivity contribution is 0.101. The Balaban J connectivity index is 1.87. The van der Waals surface area contributed by atoms with Crippen molar-refractivity contribution in [2.75, 3.05) is 11.5 Å². The van der Waals surface area contributed by atoms with Crippen molar-refractivity contribution < 1.29 is 13.6 Å². The molecule has 4 heteroatoms. The molecule has 1 aliphatic carbocycles. The van der Waals surface area contributed by atoms with Crippen LogP contribution in [-0.2, 0) is 0 Å². The van der Waals surface area contributed by atoms with Crippen molar-refractivity contribution in [1.82, 2.24) is 0 Å². The van der Waals surface area contributed by atoms with Gasteiger partial charge in [-0.25, -0.2) is 8.78 Å². The minimum Gasteiger partial charge on any atom is -0.293 e. The van der Waals surface area contributed by atoms with E-state index < -0.39 is 23.0 Å². The Kier molecular flexibility index (Phi) is 4.75. The molecule has 98 valence electrons. The first-order chi connectivity index (χ1) is 8.68. The highest BCUT2D eigenvalue weighted by atomic mass is 32.2. The van der Waals surface area contributed by atoms with Crippen LogP contribution in [0.1, 0.15) is 36.0 Å². The molecule has 1 aliphatic rings. The van der Waals surface area contributed by atoms with Crippen molar-refractivity contribution in [3.63, 3.8) is 0 Å². The largest absolute Gasteiger partial charge is 0.293 e. The van der Waals surface area contributed by atoms with Gasteiger partial charge in [0.25, 0.3) is 0 Å². The van der Waals surface area contributed by atoms with E-state index in [1.807, 2.05) is 0 Å². The maximum absolute atomic E-state index is 13.4. The van der Waals surface area contributed by atoms with Crippen LogP contribution in [0.5, 0.6) is 0 Å². The van der Waals surface area contributed by atoms with Gasteiger partial charge >= 0.3 is 0 Å². The van der Waals surface area contributed by atoms with Crippen LogP contribution in [0.2, 0.25) is 0 Å². The first kappa shape index (κ1) is 13.5. The summed E-state index contributed by atoms with van der Waals surface area (Å²) >= 11 is 1.49. The van der Waals surface area contributed by atoms with E-state index in [2.05, 4.69) is 0 Å². The molecule has 0 bridgehead atoms. The van der Waals surface area contributed by atoms with Gasteiger partial charge in [-0.1, -0.05) is 18.9 Å². The third-order valence-corrected chi connectivity index (χ3v) is 4.48. The SMILES string of the molecule is O=C(CSCC1CCCC1)c1c(F)cccc1F. The van der Waals surface area contributed by atoms with Crippen LogP contribution in [0.4, 0.5) is 8.78 Å². The van der Waals surface area contributed by atoms with E-state index in [0.29, 0.717) is 5.92 Å². The van der Waals surface area contributed by atoms with E-state index in [9.17, 15) is 13.6 Å². The van der Waals surface area contributed by atoms with Gasteiger partial charge in [0, 0.05) is 0 Å². The number of ketones is 1. The van der Waals surface area contributed by atoms with Crippen LogP contribution < -0.4 is 0 Å². The molecule has 0 amide bonds. The van der Waals surface area contributed by atoms with Gasteiger partial charge in [-0.05, 0) is 36.6 Å². The predicted molar refractivity (Wildman–Crippen MR) is 70.0 cm³/mol. The molecule has 0 radical (unpaired) electrons. The average Bonchev–Trinajstić information content (AvgIpc) is 2.82. The molecule has 0 N–H and O–H groups in total. The fourth-order valence-electron chi connectivity index (χ4n) is 2.33. The molecular weight excluding hydrogens is 254 g/mol. The molecule has 1 saturated carbocycles. The summed E-state index contributed by atoms with van der Waals surface area (Å²) in [5, 5.41) is 0. The van der Waals surface area contributed by atoms with Crippen LogP contribution in [0.25, 0.3) is 0 Å². The Morgan fingerprint density at radius 1 is 1.22 bits per heavy atom. The molecule has 1 nitrogen and oxygen atoms in total. The fourth-order valence-corrected chi connectivity index (χ4v) is 3.45. The lowest BCUT2D eigenvalue weighted by atomic mass is 10.1. The summed E-state index contributed by atoms with van der Waals surface area (Å²) in [5.74, 6) is -0.222. The minimum atomic E-state index is -0.763. The third-order valence-electron chi connectivity index (χ3n) is 3.30. The van der Waals surface area contributed by atoms with E-state index in [-0.39, 0.29) is 5.75 Å². The van der Waals surface area contributed by atoms with Gasteiger partial charge in [0.2, 0.25) is 0 Å². The zero-order valence-electron chi connectivity index (χ0n) is 10.1. The fraction of sp³-hybridized carbons (Fsp3) is 0.500. The summed E-state index contributed by atoms with van der Waals surface area (Å²) in [6, 6.07) is 3.52. The Labute approximate surface area is 110 Å². The smallest absolute Gasteiger partial charge is 0.178 e. The van der Waals surface area contributed by atoms with Crippen molar-refractivity contribution >= 4 is 17.5 Å². The molecule has 0 unspecified atom stereocenters. The molecule has 0 aliphatic heterocycles. The summed E-state index contributed by atoms with van der Waals surface area (Å²) in [7, 11) is 0. The van der Waals surface area contributed by atoms with Gasteiger partial charge in [0.1, 0.15) is 11.6 Å². The molecule has 1 fully saturated rings. The van der Waals surface area contributed by atoms with Crippen molar-refractivity contribution in [2.45, 2.75) is 25.7 Å². The number of halogens is 2. The van der Waals surface area contributed by atoms with Crippen LogP contribution in [-0.4, -0.2) is 17.3 Å². The number of thioether (sulfide) groups is 1. The molecule has 1 aromatic rings. The first-order valence-corrected chi connectivity index (χ1v) is 7.39. The Bertz CT molecular complexity index is 408. The highest BCUT2D eigenvalue weighted by molar-refractivity contribution is 7.99. The van der Waals surface area contributed by atoms with Crippen molar-refractivity contribution in [3.05, 3.63) is 35.4 Å². The quantitative estimate of drug-likeness (QED) is 0.750. The van der Waals surface area contributed by atoms with Gasteiger partial charge in [0.05, 0.1) is 11.3 Å². The highest BCUT2D eigenvalue weighted by Crippen LogP contribution is 2.28. The van der Waals surface area contributed by atoms with E-state index in [0.717, 1.165) is 17.9 Å². The summed E-state index contributed by atoms with van der Waals surface area (Å²) < 4.78 is 26.7. The molecule has 0 spiro atoms. The van der Waals surface area contributed by atoms with E-state index in [1.54, 1.807) is 0 Å². The van der Waals surface area contributed by atoms with Crippen molar-refractivity contribution in [3.8, 4) is 0 Å². The standard InChI is InChI=1S/C14H16F2OS/c15-11-6-3-7-12(16)14(11)13(17)9-18-8-10-4-1-2-5-10/h3,6-7,10H,1-2,4-5,8-9H2. The normalized spacial score (nSPS) is 16.1. The second kappa shape index (κ2) is 6.32. The monoisotopic (exact) mass is 270 g/mol. The van der Waals surface area contributed by atoms with Crippen molar-refractivity contribution in [1.29, 1.82) is 0 Å². The molecule has 1 aromatic carbocycles. The summed E-state index contributed by atoms with van der Waals surface area (Å²) in [5.41, 5.74) is -0.392. The molecule has 2 rings (SSSR count). The van der Waals surface area contributed by atoms with Crippen LogP contribution in [0.3, 0.4) is 0 Å². The number of carbonyl (C=O) groups is 1. The number of hydrogen-bond acceptors (Lipinski definition) is 2. The number of rotatable bonds is 5. The number of carbonyl (C=O) groups excluding carboxylic acids is 1. The van der Waals surface area contributed by atoms with Crippen molar-refractivity contribution in [2.24, 2.45) is 5.92 Å². The van der Waals surface area contributed by atoms with Crippen LogP contribution in [0.15, 0.2) is 18.2 Å². The van der Waals surface area contributed by atoms with E-state index in [1.165, 1.54) is 43.5 Å². The predicted octanol–water partition coefficient (Wildman–Crippen LogP) is 4.07. The Morgan fingerprint density at radius 2 is 1.83 bits per heavy atom. The van der Waals surface area contributed by atoms with Gasteiger partial charge in [0.15, 0.2) is 5.78 Å². The van der Waals surface area contributed by atoms with Gasteiger partial charge in [-0.15, -0.1) is 0 Å².